The molecule has 0 fully saturated rings. The topological polar surface area (TPSA) is 82.5 Å². The van der Waals surface area contributed by atoms with Gasteiger partial charge in [-0.15, -0.1) is 0 Å². The number of hydrogen-bond donors (Lipinski definition) is 1. The first-order chi connectivity index (χ1) is 14.1. The summed E-state index contributed by atoms with van der Waals surface area (Å²) in [6.45, 7) is 0.466. The molecule has 1 aliphatic carbocycles. The molecule has 0 atom stereocenters. The van der Waals surface area contributed by atoms with E-state index in [0.29, 0.717) is 23.7 Å². The standard InChI is InChI=1S/C22H27N3O4/c1-28-19-10-8-17(14-20(19)29-2)18-9-11-22(27)25(24-18)15-21(26)23-13-12-16-6-4-3-5-7-16/h6,8-11,14H,3-5,7,12-13,15H2,1-2H3,(H,23,26). The summed E-state index contributed by atoms with van der Waals surface area (Å²) in [6.07, 6.45) is 7.85. The van der Waals surface area contributed by atoms with Gasteiger partial charge in [-0.1, -0.05) is 11.6 Å². The van der Waals surface area contributed by atoms with Crippen LogP contribution in [-0.4, -0.2) is 36.5 Å². The molecule has 1 heterocycles. The highest BCUT2D eigenvalue weighted by Gasteiger charge is 2.11. The lowest BCUT2D eigenvalue weighted by Gasteiger charge is -2.13. The maximum Gasteiger partial charge on any atom is 0.267 e. The highest BCUT2D eigenvalue weighted by molar-refractivity contribution is 5.75. The van der Waals surface area contributed by atoms with Crippen LogP contribution in [0.1, 0.15) is 32.1 Å². The summed E-state index contributed by atoms with van der Waals surface area (Å²) in [5, 5.41) is 7.23. The molecule has 3 rings (SSSR count). The van der Waals surface area contributed by atoms with E-state index in [2.05, 4.69) is 16.5 Å². The number of ether oxygens (including phenoxy) is 2. The minimum atomic E-state index is -0.320. The van der Waals surface area contributed by atoms with Crippen LogP contribution >= 0.6 is 0 Å². The Hall–Kier alpha value is -3.09. The van der Waals surface area contributed by atoms with Crippen molar-refractivity contribution in [3.05, 3.63) is 52.3 Å². The number of benzene rings is 1. The zero-order valence-electron chi connectivity index (χ0n) is 16.9. The first-order valence-electron chi connectivity index (χ1n) is 9.86. The molecule has 7 nitrogen and oxygen atoms in total. The van der Waals surface area contributed by atoms with E-state index in [1.54, 1.807) is 32.4 Å². The normalized spacial score (nSPS) is 13.5. The predicted molar refractivity (Wildman–Crippen MR) is 111 cm³/mol. The zero-order valence-corrected chi connectivity index (χ0v) is 16.9. The zero-order chi connectivity index (χ0) is 20.6. The van der Waals surface area contributed by atoms with Crippen LogP contribution in [0.4, 0.5) is 0 Å². The van der Waals surface area contributed by atoms with Crippen molar-refractivity contribution >= 4 is 5.91 Å². The van der Waals surface area contributed by atoms with E-state index in [4.69, 9.17) is 9.47 Å². The molecule has 0 bridgehead atoms. The van der Waals surface area contributed by atoms with E-state index in [1.165, 1.54) is 29.2 Å². The lowest BCUT2D eigenvalue weighted by atomic mass is 9.97. The van der Waals surface area contributed by atoms with Gasteiger partial charge in [0.2, 0.25) is 5.91 Å². The fourth-order valence-electron chi connectivity index (χ4n) is 3.40. The molecule has 0 unspecified atom stereocenters. The number of aromatic nitrogens is 2. The average Bonchev–Trinajstić information content (AvgIpc) is 2.75. The second kappa shape index (κ2) is 9.91. The lowest BCUT2D eigenvalue weighted by molar-refractivity contribution is -0.121. The molecule has 0 saturated heterocycles. The Balaban J connectivity index is 1.66. The first-order valence-corrected chi connectivity index (χ1v) is 9.86. The van der Waals surface area contributed by atoms with Gasteiger partial charge in [0.25, 0.3) is 5.56 Å². The Morgan fingerprint density at radius 3 is 2.69 bits per heavy atom. The summed E-state index contributed by atoms with van der Waals surface area (Å²) in [5.41, 5.74) is 2.42. The third-order valence-corrected chi connectivity index (χ3v) is 4.99. The van der Waals surface area contributed by atoms with E-state index in [-0.39, 0.29) is 18.0 Å². The number of nitrogens with zero attached hydrogens (tertiary/aromatic N) is 2. The number of nitrogens with one attached hydrogen (secondary N) is 1. The van der Waals surface area contributed by atoms with Gasteiger partial charge in [0.15, 0.2) is 11.5 Å². The molecular weight excluding hydrogens is 370 g/mol. The van der Waals surface area contributed by atoms with Crippen molar-refractivity contribution < 1.29 is 14.3 Å². The van der Waals surface area contributed by atoms with Crippen molar-refractivity contribution in [3.8, 4) is 22.8 Å². The van der Waals surface area contributed by atoms with Gasteiger partial charge >= 0.3 is 0 Å². The van der Waals surface area contributed by atoms with Gasteiger partial charge in [-0.05, 0) is 56.4 Å². The molecule has 2 aromatic rings. The molecule has 29 heavy (non-hydrogen) atoms. The van der Waals surface area contributed by atoms with Gasteiger partial charge in [0.1, 0.15) is 6.54 Å². The molecule has 7 heteroatoms. The minimum absolute atomic E-state index is 0.112. The first kappa shape index (κ1) is 20.6. The number of amides is 1. The van der Waals surface area contributed by atoms with Crippen molar-refractivity contribution in [2.45, 2.75) is 38.6 Å². The number of methoxy groups -OCH3 is 2. The van der Waals surface area contributed by atoms with Crippen molar-refractivity contribution in [3.63, 3.8) is 0 Å². The summed E-state index contributed by atoms with van der Waals surface area (Å²) in [7, 11) is 3.13. The summed E-state index contributed by atoms with van der Waals surface area (Å²) in [6, 6.07) is 8.44. The minimum Gasteiger partial charge on any atom is -0.493 e. The number of carbonyl (C=O) groups is 1. The largest absolute Gasteiger partial charge is 0.493 e. The molecular formula is C22H27N3O4. The second-order valence-electron chi connectivity index (χ2n) is 6.99. The van der Waals surface area contributed by atoms with Gasteiger partial charge < -0.3 is 14.8 Å². The SMILES string of the molecule is COc1ccc(-c2ccc(=O)n(CC(=O)NCCC3=CCCCC3)n2)cc1OC. The molecule has 1 amide bonds. The maximum absolute atomic E-state index is 12.3. The highest BCUT2D eigenvalue weighted by Crippen LogP contribution is 2.31. The summed E-state index contributed by atoms with van der Waals surface area (Å²) < 4.78 is 11.7. The molecule has 0 radical (unpaired) electrons. The Kier molecular flexibility index (Phi) is 7.05. The molecule has 0 spiro atoms. The van der Waals surface area contributed by atoms with E-state index in [1.807, 2.05) is 6.07 Å². The van der Waals surface area contributed by atoms with Crippen molar-refractivity contribution in [1.29, 1.82) is 0 Å². The third-order valence-electron chi connectivity index (χ3n) is 4.99. The molecule has 1 N–H and O–H groups in total. The molecule has 1 aromatic heterocycles. The summed E-state index contributed by atoms with van der Waals surface area (Å²) in [5.74, 6) is 0.955. The summed E-state index contributed by atoms with van der Waals surface area (Å²) in [4.78, 5) is 24.4. The third kappa shape index (κ3) is 5.47. The van der Waals surface area contributed by atoms with Crippen LogP contribution in [0.5, 0.6) is 11.5 Å². The molecule has 1 aromatic carbocycles. The predicted octanol–water partition coefficient (Wildman–Crippen LogP) is 2.93. The van der Waals surface area contributed by atoms with Crippen LogP contribution < -0.4 is 20.3 Å². The number of rotatable bonds is 8. The van der Waals surface area contributed by atoms with Crippen LogP contribution in [0.3, 0.4) is 0 Å². The van der Waals surface area contributed by atoms with Crippen LogP contribution in [0.15, 0.2) is 46.8 Å². The molecule has 0 aliphatic heterocycles. The van der Waals surface area contributed by atoms with Gasteiger partial charge in [-0.2, -0.15) is 5.10 Å². The van der Waals surface area contributed by atoms with Crippen LogP contribution in [0, 0.1) is 0 Å². The monoisotopic (exact) mass is 397 g/mol. The smallest absolute Gasteiger partial charge is 0.267 e. The van der Waals surface area contributed by atoms with E-state index < -0.39 is 0 Å². The van der Waals surface area contributed by atoms with E-state index >= 15 is 0 Å². The second-order valence-corrected chi connectivity index (χ2v) is 6.99. The molecule has 1 aliphatic rings. The number of allylic oxidation sites excluding steroid dienone is 1. The lowest BCUT2D eigenvalue weighted by Crippen LogP contribution is -2.34. The van der Waals surface area contributed by atoms with Crippen LogP contribution in [0.25, 0.3) is 11.3 Å². The fourth-order valence-corrected chi connectivity index (χ4v) is 3.40. The quantitative estimate of drug-likeness (QED) is 0.693. The average molecular weight is 397 g/mol. The highest BCUT2D eigenvalue weighted by atomic mass is 16.5. The van der Waals surface area contributed by atoms with Crippen LogP contribution in [-0.2, 0) is 11.3 Å². The van der Waals surface area contributed by atoms with E-state index in [0.717, 1.165) is 24.8 Å². The van der Waals surface area contributed by atoms with Gasteiger partial charge in [-0.25, -0.2) is 4.68 Å². The van der Waals surface area contributed by atoms with Gasteiger partial charge in [0, 0.05) is 18.2 Å². The number of carbonyl (C=O) groups excluding carboxylic acids is 1. The van der Waals surface area contributed by atoms with E-state index in [9.17, 15) is 9.59 Å². The van der Waals surface area contributed by atoms with Crippen molar-refractivity contribution in [1.82, 2.24) is 15.1 Å². The fraction of sp³-hybridized carbons (Fsp3) is 0.409. The Labute approximate surface area is 170 Å². The Bertz CT molecular complexity index is 949. The number of hydrogen-bond acceptors (Lipinski definition) is 5. The maximum atomic E-state index is 12.3. The van der Waals surface area contributed by atoms with Crippen LogP contribution in [0.2, 0.25) is 0 Å². The Morgan fingerprint density at radius 2 is 1.97 bits per heavy atom. The molecule has 154 valence electrons. The Morgan fingerprint density at radius 1 is 1.14 bits per heavy atom. The molecule has 0 saturated carbocycles. The van der Waals surface area contributed by atoms with Gasteiger partial charge in [0.05, 0.1) is 19.9 Å². The van der Waals surface area contributed by atoms with Crippen molar-refractivity contribution in [2.75, 3.05) is 20.8 Å². The summed E-state index contributed by atoms with van der Waals surface area (Å²) >= 11 is 0. The van der Waals surface area contributed by atoms with Gasteiger partial charge in [-0.3, -0.25) is 9.59 Å². The van der Waals surface area contributed by atoms with Crippen molar-refractivity contribution in [2.24, 2.45) is 0 Å².